The van der Waals surface area contributed by atoms with E-state index in [2.05, 4.69) is 6.58 Å². The van der Waals surface area contributed by atoms with Gasteiger partial charge in [-0.3, -0.25) is 0 Å². The average Bonchev–Trinajstić information content (AvgIpc) is 2.47. The molecule has 0 unspecified atom stereocenters. The maximum Gasteiger partial charge on any atom is 0.127 e. The molecule has 2 rings (SSSR count). The number of ether oxygens (including phenoxy) is 2. The summed E-state index contributed by atoms with van der Waals surface area (Å²) in [5.41, 5.74) is 1.62. The molecule has 4 heteroatoms. The van der Waals surface area contributed by atoms with Crippen molar-refractivity contribution in [3.05, 3.63) is 54.1 Å². The van der Waals surface area contributed by atoms with Crippen molar-refractivity contribution in [3.63, 3.8) is 0 Å². The SMILES string of the molecule is C=C(c1ccc(OCC)cc1O)c1ccc(OCC)cc1O. The van der Waals surface area contributed by atoms with Gasteiger partial charge in [-0.25, -0.2) is 0 Å². The Labute approximate surface area is 130 Å². The van der Waals surface area contributed by atoms with Gasteiger partial charge in [0.2, 0.25) is 0 Å². The number of phenols is 2. The molecular formula is C18H20O4. The van der Waals surface area contributed by atoms with Crippen LogP contribution in [0.5, 0.6) is 23.0 Å². The summed E-state index contributed by atoms with van der Waals surface area (Å²) >= 11 is 0. The van der Waals surface area contributed by atoms with E-state index in [4.69, 9.17) is 9.47 Å². The fourth-order valence-electron chi connectivity index (χ4n) is 2.19. The third-order valence-corrected chi connectivity index (χ3v) is 3.21. The van der Waals surface area contributed by atoms with Gasteiger partial charge in [0.05, 0.1) is 13.2 Å². The molecule has 0 spiro atoms. The number of benzene rings is 2. The number of rotatable bonds is 6. The van der Waals surface area contributed by atoms with Crippen molar-refractivity contribution in [2.75, 3.05) is 13.2 Å². The van der Waals surface area contributed by atoms with Gasteiger partial charge in [0.15, 0.2) is 0 Å². The molecule has 0 aliphatic rings. The van der Waals surface area contributed by atoms with Crippen molar-refractivity contribution in [1.82, 2.24) is 0 Å². The van der Waals surface area contributed by atoms with Crippen molar-refractivity contribution >= 4 is 5.57 Å². The van der Waals surface area contributed by atoms with E-state index in [0.29, 0.717) is 41.4 Å². The van der Waals surface area contributed by atoms with Crippen LogP contribution in [0.3, 0.4) is 0 Å². The molecule has 2 aromatic carbocycles. The van der Waals surface area contributed by atoms with E-state index >= 15 is 0 Å². The topological polar surface area (TPSA) is 58.9 Å². The highest BCUT2D eigenvalue weighted by Crippen LogP contribution is 2.36. The summed E-state index contributed by atoms with van der Waals surface area (Å²) in [7, 11) is 0. The Hall–Kier alpha value is -2.62. The van der Waals surface area contributed by atoms with Gasteiger partial charge in [-0.1, -0.05) is 6.58 Å². The molecule has 116 valence electrons. The molecule has 4 nitrogen and oxygen atoms in total. The monoisotopic (exact) mass is 300 g/mol. The van der Waals surface area contributed by atoms with Gasteiger partial charge >= 0.3 is 0 Å². The largest absolute Gasteiger partial charge is 0.507 e. The Bertz CT molecular complexity index is 619. The lowest BCUT2D eigenvalue weighted by molar-refractivity contribution is 0.337. The number of hydrogen-bond acceptors (Lipinski definition) is 4. The van der Waals surface area contributed by atoms with E-state index in [1.165, 1.54) is 12.1 Å². The maximum absolute atomic E-state index is 10.1. The average molecular weight is 300 g/mol. The molecular weight excluding hydrogens is 280 g/mol. The van der Waals surface area contributed by atoms with Gasteiger partial charge in [0.1, 0.15) is 23.0 Å². The van der Waals surface area contributed by atoms with Crippen molar-refractivity contribution < 1.29 is 19.7 Å². The van der Waals surface area contributed by atoms with E-state index in [1.54, 1.807) is 24.3 Å². The van der Waals surface area contributed by atoms with Crippen LogP contribution in [0.4, 0.5) is 0 Å². The van der Waals surface area contributed by atoms with Gasteiger partial charge < -0.3 is 19.7 Å². The standard InChI is InChI=1S/C18H20O4/c1-4-21-13-6-8-15(17(19)10-13)12(3)16-9-7-14(22-5-2)11-18(16)20/h6-11,19-20H,3-5H2,1-2H3. The molecule has 22 heavy (non-hydrogen) atoms. The Morgan fingerprint density at radius 2 is 1.27 bits per heavy atom. The minimum Gasteiger partial charge on any atom is -0.507 e. The molecule has 0 bridgehead atoms. The van der Waals surface area contributed by atoms with Crippen molar-refractivity contribution in [2.24, 2.45) is 0 Å². The number of hydrogen-bond donors (Lipinski definition) is 2. The summed E-state index contributed by atoms with van der Waals surface area (Å²) in [4.78, 5) is 0. The van der Waals surface area contributed by atoms with Gasteiger partial charge in [-0.2, -0.15) is 0 Å². The lowest BCUT2D eigenvalue weighted by Crippen LogP contribution is -1.94. The fourth-order valence-corrected chi connectivity index (χ4v) is 2.19. The van der Waals surface area contributed by atoms with Crippen LogP contribution in [0.1, 0.15) is 25.0 Å². The molecule has 0 aliphatic carbocycles. The molecule has 0 aliphatic heterocycles. The predicted molar refractivity (Wildman–Crippen MR) is 86.7 cm³/mol. The van der Waals surface area contributed by atoms with Crippen LogP contribution in [0.25, 0.3) is 5.57 Å². The smallest absolute Gasteiger partial charge is 0.127 e. The second-order valence-electron chi connectivity index (χ2n) is 4.70. The summed E-state index contributed by atoms with van der Waals surface area (Å²) in [6.07, 6.45) is 0. The molecule has 0 saturated heterocycles. The third kappa shape index (κ3) is 3.34. The Morgan fingerprint density at radius 1 is 0.864 bits per heavy atom. The minimum absolute atomic E-state index is 0.0595. The van der Waals surface area contributed by atoms with Crippen LogP contribution in [0, 0.1) is 0 Å². The highest BCUT2D eigenvalue weighted by atomic mass is 16.5. The summed E-state index contributed by atoms with van der Waals surface area (Å²) in [6.45, 7) is 8.77. The van der Waals surface area contributed by atoms with Crippen LogP contribution >= 0.6 is 0 Å². The zero-order chi connectivity index (χ0) is 16.1. The van der Waals surface area contributed by atoms with Crippen molar-refractivity contribution in [3.8, 4) is 23.0 Å². The molecule has 0 amide bonds. The fraction of sp³-hybridized carbons (Fsp3) is 0.222. The van der Waals surface area contributed by atoms with E-state index in [1.807, 2.05) is 13.8 Å². The van der Waals surface area contributed by atoms with Crippen molar-refractivity contribution in [2.45, 2.75) is 13.8 Å². The summed E-state index contributed by atoms with van der Waals surface area (Å²) in [5.74, 6) is 1.30. The predicted octanol–water partition coefficient (Wildman–Crippen LogP) is 3.96. The Balaban J connectivity index is 2.32. The first-order valence-electron chi connectivity index (χ1n) is 7.18. The van der Waals surface area contributed by atoms with E-state index < -0.39 is 0 Å². The molecule has 0 saturated carbocycles. The molecule has 0 heterocycles. The minimum atomic E-state index is 0.0595. The summed E-state index contributed by atoms with van der Waals surface area (Å²) in [6, 6.07) is 10.0. The van der Waals surface area contributed by atoms with Gasteiger partial charge in [-0.05, 0) is 43.7 Å². The quantitative estimate of drug-likeness (QED) is 0.848. The lowest BCUT2D eigenvalue weighted by atomic mass is 9.97. The molecule has 0 fully saturated rings. The first kappa shape index (κ1) is 15.8. The van der Waals surface area contributed by atoms with E-state index in [0.717, 1.165) is 0 Å². The maximum atomic E-state index is 10.1. The zero-order valence-electron chi connectivity index (χ0n) is 12.8. The van der Waals surface area contributed by atoms with Crippen molar-refractivity contribution in [1.29, 1.82) is 0 Å². The van der Waals surface area contributed by atoms with Crippen LogP contribution in [-0.2, 0) is 0 Å². The second-order valence-corrected chi connectivity index (χ2v) is 4.70. The second kappa shape index (κ2) is 6.89. The third-order valence-electron chi connectivity index (χ3n) is 3.21. The Morgan fingerprint density at radius 3 is 1.59 bits per heavy atom. The zero-order valence-corrected chi connectivity index (χ0v) is 12.8. The Kier molecular flexibility index (Phi) is 4.94. The van der Waals surface area contributed by atoms with Crippen LogP contribution in [0.15, 0.2) is 43.0 Å². The van der Waals surface area contributed by atoms with E-state index in [9.17, 15) is 10.2 Å². The number of aromatic hydroxyl groups is 2. The van der Waals surface area contributed by atoms with Gasteiger partial charge in [-0.15, -0.1) is 0 Å². The molecule has 0 aromatic heterocycles. The van der Waals surface area contributed by atoms with Gasteiger partial charge in [0.25, 0.3) is 0 Å². The normalized spacial score (nSPS) is 10.3. The van der Waals surface area contributed by atoms with Gasteiger partial charge in [0, 0.05) is 23.3 Å². The van der Waals surface area contributed by atoms with E-state index in [-0.39, 0.29) is 11.5 Å². The van der Waals surface area contributed by atoms with Crippen LogP contribution < -0.4 is 9.47 Å². The van der Waals surface area contributed by atoms with Crippen LogP contribution in [-0.4, -0.2) is 23.4 Å². The number of phenolic OH excluding ortho intramolecular Hbond substituents is 2. The summed E-state index contributed by atoms with van der Waals surface area (Å²) < 4.78 is 10.7. The first-order valence-corrected chi connectivity index (χ1v) is 7.18. The molecule has 0 atom stereocenters. The summed E-state index contributed by atoms with van der Waals surface area (Å²) in [5, 5.41) is 20.3. The highest BCUT2D eigenvalue weighted by Gasteiger charge is 2.13. The molecule has 2 N–H and O–H groups in total. The molecule has 2 aromatic rings. The molecule has 0 radical (unpaired) electrons. The highest BCUT2D eigenvalue weighted by molar-refractivity contribution is 5.84. The van der Waals surface area contributed by atoms with Crippen LogP contribution in [0.2, 0.25) is 0 Å². The lowest BCUT2D eigenvalue weighted by Gasteiger charge is -2.13. The first-order chi connectivity index (χ1) is 10.6.